The number of hydrogen-bond donors (Lipinski definition) is 1. The molecule has 0 aromatic heterocycles. The molecule has 0 saturated heterocycles. The molecule has 0 spiro atoms. The smallest absolute Gasteiger partial charge is 0.330 e. The zero-order chi connectivity index (χ0) is 11.8. The molecule has 1 atom stereocenters. The van der Waals surface area contributed by atoms with Crippen molar-refractivity contribution in [1.82, 2.24) is 0 Å². The molecule has 0 saturated carbocycles. The molecule has 2 rings (SSSR count). The van der Waals surface area contributed by atoms with Crippen LogP contribution in [-0.2, 0) is 12.8 Å². The Hall–Kier alpha value is -1.03. The third-order valence-electron chi connectivity index (χ3n) is 3.33. The summed E-state index contributed by atoms with van der Waals surface area (Å²) in [5, 5.41) is 0. The molecule has 16 heavy (non-hydrogen) atoms. The first kappa shape index (κ1) is 11.5. The molecular weight excluding hydrogens is 215 g/mol. The molecule has 1 unspecified atom stereocenters. The van der Waals surface area contributed by atoms with E-state index in [4.69, 9.17) is 5.73 Å². The van der Waals surface area contributed by atoms with Crippen LogP contribution >= 0.6 is 0 Å². The van der Waals surface area contributed by atoms with Gasteiger partial charge in [0.1, 0.15) is 0 Å². The Bertz CT molecular complexity index is 348. The molecule has 0 fully saturated rings. The summed E-state index contributed by atoms with van der Waals surface area (Å²) in [6.45, 7) is -0.317. The standard InChI is InChI=1S/C12H14F3N/c13-12(14,15)11(7-16)10-5-8-3-1-2-4-9(8)6-10/h1-4,10-11H,5-7,16H2. The maximum atomic E-state index is 12.7. The van der Waals surface area contributed by atoms with E-state index in [0.717, 1.165) is 11.1 Å². The Kier molecular flexibility index (Phi) is 2.93. The summed E-state index contributed by atoms with van der Waals surface area (Å²) < 4.78 is 38.1. The molecule has 1 aromatic rings. The topological polar surface area (TPSA) is 26.0 Å². The number of fused-ring (bicyclic) bond motifs is 1. The molecule has 1 aliphatic carbocycles. The van der Waals surface area contributed by atoms with Crippen molar-refractivity contribution in [1.29, 1.82) is 0 Å². The summed E-state index contributed by atoms with van der Waals surface area (Å²) in [4.78, 5) is 0. The predicted molar refractivity (Wildman–Crippen MR) is 55.9 cm³/mol. The largest absolute Gasteiger partial charge is 0.393 e. The summed E-state index contributed by atoms with van der Waals surface area (Å²) >= 11 is 0. The maximum Gasteiger partial charge on any atom is 0.393 e. The minimum Gasteiger partial charge on any atom is -0.330 e. The lowest BCUT2D eigenvalue weighted by Gasteiger charge is -2.24. The highest BCUT2D eigenvalue weighted by Crippen LogP contribution is 2.39. The minimum absolute atomic E-state index is 0.317. The van der Waals surface area contributed by atoms with Crippen LogP contribution in [-0.4, -0.2) is 12.7 Å². The van der Waals surface area contributed by atoms with Gasteiger partial charge in [0.2, 0.25) is 0 Å². The lowest BCUT2D eigenvalue weighted by Crippen LogP contribution is -2.36. The van der Waals surface area contributed by atoms with Crippen molar-refractivity contribution < 1.29 is 13.2 Å². The van der Waals surface area contributed by atoms with E-state index in [-0.39, 0.29) is 12.5 Å². The van der Waals surface area contributed by atoms with Gasteiger partial charge >= 0.3 is 6.18 Å². The van der Waals surface area contributed by atoms with Gasteiger partial charge in [-0.25, -0.2) is 0 Å². The van der Waals surface area contributed by atoms with E-state index >= 15 is 0 Å². The molecule has 88 valence electrons. The Morgan fingerprint density at radius 1 is 1.19 bits per heavy atom. The molecule has 4 heteroatoms. The van der Waals surface area contributed by atoms with E-state index in [1.165, 1.54) is 0 Å². The van der Waals surface area contributed by atoms with Crippen molar-refractivity contribution >= 4 is 0 Å². The van der Waals surface area contributed by atoms with E-state index in [0.29, 0.717) is 12.8 Å². The van der Waals surface area contributed by atoms with E-state index in [2.05, 4.69) is 0 Å². The van der Waals surface area contributed by atoms with Crippen molar-refractivity contribution in [3.8, 4) is 0 Å². The minimum atomic E-state index is -4.18. The number of alkyl halides is 3. The first-order chi connectivity index (χ1) is 7.52. The molecule has 1 aliphatic rings. The van der Waals surface area contributed by atoms with Crippen molar-refractivity contribution in [3.63, 3.8) is 0 Å². The molecule has 1 aromatic carbocycles. The number of nitrogens with two attached hydrogens (primary N) is 1. The average molecular weight is 229 g/mol. The fraction of sp³-hybridized carbons (Fsp3) is 0.500. The molecule has 0 bridgehead atoms. The predicted octanol–water partition coefficient (Wildman–Crippen LogP) is 2.54. The van der Waals surface area contributed by atoms with Crippen molar-refractivity contribution in [2.24, 2.45) is 17.6 Å². The second-order valence-corrected chi connectivity index (χ2v) is 4.32. The van der Waals surface area contributed by atoms with Gasteiger partial charge in [-0.05, 0) is 29.9 Å². The van der Waals surface area contributed by atoms with Crippen LogP contribution < -0.4 is 5.73 Å². The van der Waals surface area contributed by atoms with Gasteiger partial charge in [0.15, 0.2) is 0 Å². The van der Waals surface area contributed by atoms with Gasteiger partial charge in [-0.1, -0.05) is 24.3 Å². The van der Waals surface area contributed by atoms with Gasteiger partial charge in [-0.15, -0.1) is 0 Å². The highest BCUT2D eigenvalue weighted by atomic mass is 19.4. The Balaban J connectivity index is 2.16. The van der Waals surface area contributed by atoms with Crippen molar-refractivity contribution in [3.05, 3.63) is 35.4 Å². The summed E-state index contributed by atoms with van der Waals surface area (Å²) in [6.07, 6.45) is -3.18. The average Bonchev–Trinajstić information content (AvgIpc) is 2.59. The zero-order valence-electron chi connectivity index (χ0n) is 8.80. The Labute approximate surface area is 92.5 Å². The van der Waals surface area contributed by atoms with Crippen LogP contribution in [0.2, 0.25) is 0 Å². The molecule has 0 aliphatic heterocycles. The number of benzene rings is 1. The van der Waals surface area contributed by atoms with E-state index in [1.807, 2.05) is 24.3 Å². The van der Waals surface area contributed by atoms with Crippen LogP contribution in [0.25, 0.3) is 0 Å². The number of hydrogen-bond acceptors (Lipinski definition) is 1. The maximum absolute atomic E-state index is 12.7. The first-order valence-corrected chi connectivity index (χ1v) is 5.36. The molecule has 0 heterocycles. The van der Waals surface area contributed by atoms with Crippen LogP contribution in [0, 0.1) is 11.8 Å². The quantitative estimate of drug-likeness (QED) is 0.828. The SMILES string of the molecule is NCC(C1Cc2ccccc2C1)C(F)(F)F. The second kappa shape index (κ2) is 4.09. The van der Waals surface area contributed by atoms with Crippen molar-refractivity contribution in [2.75, 3.05) is 6.54 Å². The van der Waals surface area contributed by atoms with Gasteiger partial charge < -0.3 is 5.73 Å². The highest BCUT2D eigenvalue weighted by Gasteiger charge is 2.45. The normalized spacial score (nSPS) is 18.5. The summed E-state index contributed by atoms with van der Waals surface area (Å²) in [5.41, 5.74) is 7.33. The molecular formula is C12H14F3N. The van der Waals surface area contributed by atoms with E-state index in [1.54, 1.807) is 0 Å². The van der Waals surface area contributed by atoms with Crippen LogP contribution in [0.5, 0.6) is 0 Å². The van der Waals surface area contributed by atoms with Gasteiger partial charge in [0.25, 0.3) is 0 Å². The fourth-order valence-electron chi connectivity index (χ4n) is 2.47. The Morgan fingerprint density at radius 2 is 1.69 bits per heavy atom. The third-order valence-corrected chi connectivity index (χ3v) is 3.33. The number of rotatable bonds is 2. The monoisotopic (exact) mass is 229 g/mol. The summed E-state index contributed by atoms with van der Waals surface area (Å²) in [5.74, 6) is -1.76. The van der Waals surface area contributed by atoms with Crippen LogP contribution in [0.4, 0.5) is 13.2 Å². The van der Waals surface area contributed by atoms with Gasteiger partial charge in [0.05, 0.1) is 5.92 Å². The third kappa shape index (κ3) is 2.07. The Morgan fingerprint density at radius 3 is 2.06 bits per heavy atom. The lowest BCUT2D eigenvalue weighted by molar-refractivity contribution is -0.184. The number of halogens is 3. The zero-order valence-corrected chi connectivity index (χ0v) is 8.80. The summed E-state index contributed by atoms with van der Waals surface area (Å²) in [7, 11) is 0. The lowest BCUT2D eigenvalue weighted by atomic mass is 9.89. The molecule has 2 N–H and O–H groups in total. The van der Waals surface area contributed by atoms with Crippen LogP contribution in [0.15, 0.2) is 24.3 Å². The summed E-state index contributed by atoms with van der Waals surface area (Å²) in [6, 6.07) is 7.54. The highest BCUT2D eigenvalue weighted by molar-refractivity contribution is 5.32. The van der Waals surface area contributed by atoms with Gasteiger partial charge in [0, 0.05) is 6.54 Å². The van der Waals surface area contributed by atoms with Crippen molar-refractivity contribution in [2.45, 2.75) is 19.0 Å². The molecule has 1 nitrogen and oxygen atoms in total. The second-order valence-electron chi connectivity index (χ2n) is 4.32. The van der Waals surface area contributed by atoms with Gasteiger partial charge in [-0.2, -0.15) is 13.2 Å². The van der Waals surface area contributed by atoms with E-state index < -0.39 is 12.1 Å². The fourth-order valence-corrected chi connectivity index (χ4v) is 2.47. The van der Waals surface area contributed by atoms with Crippen LogP contribution in [0.3, 0.4) is 0 Å². The van der Waals surface area contributed by atoms with Crippen LogP contribution in [0.1, 0.15) is 11.1 Å². The molecule has 0 amide bonds. The van der Waals surface area contributed by atoms with E-state index in [9.17, 15) is 13.2 Å². The molecule has 0 radical (unpaired) electrons. The first-order valence-electron chi connectivity index (χ1n) is 5.36. The van der Waals surface area contributed by atoms with Gasteiger partial charge in [-0.3, -0.25) is 0 Å².